The zero-order chi connectivity index (χ0) is 13.2. The molecule has 1 aromatic carbocycles. The minimum atomic E-state index is 0.710. The van der Waals surface area contributed by atoms with Gasteiger partial charge in [-0.25, -0.2) is 4.98 Å². The summed E-state index contributed by atoms with van der Waals surface area (Å²) in [6.45, 7) is 4.12. The number of amides is 1. The Labute approximate surface area is 116 Å². The lowest BCUT2D eigenvalue weighted by molar-refractivity contribution is -0.119. The Balaban J connectivity index is 1.70. The highest BCUT2D eigenvalue weighted by Crippen LogP contribution is 2.18. The van der Waals surface area contributed by atoms with E-state index in [9.17, 15) is 4.79 Å². The van der Waals surface area contributed by atoms with Gasteiger partial charge in [0.1, 0.15) is 5.82 Å². The van der Waals surface area contributed by atoms with Gasteiger partial charge in [0.2, 0.25) is 6.41 Å². The molecule has 0 saturated carbocycles. The van der Waals surface area contributed by atoms with Crippen LogP contribution in [0.3, 0.4) is 0 Å². The average molecular weight is 279 g/mol. The van der Waals surface area contributed by atoms with Crippen LogP contribution in [0.15, 0.2) is 18.2 Å². The summed E-state index contributed by atoms with van der Waals surface area (Å²) in [4.78, 5) is 22.6. The van der Waals surface area contributed by atoms with Crippen LogP contribution in [0.1, 0.15) is 5.82 Å². The van der Waals surface area contributed by atoms with Gasteiger partial charge < -0.3 is 9.88 Å². The van der Waals surface area contributed by atoms with Gasteiger partial charge in [0, 0.05) is 31.2 Å². The third-order valence-electron chi connectivity index (χ3n) is 3.42. The van der Waals surface area contributed by atoms with E-state index in [-0.39, 0.29) is 0 Å². The largest absolute Gasteiger partial charge is 0.343 e. The molecule has 2 aromatic rings. The highest BCUT2D eigenvalue weighted by molar-refractivity contribution is 6.31. The lowest BCUT2D eigenvalue weighted by Crippen LogP contribution is -2.45. The molecule has 1 saturated heterocycles. The Morgan fingerprint density at radius 1 is 1.32 bits per heavy atom. The van der Waals surface area contributed by atoms with Crippen LogP contribution in [-0.4, -0.2) is 52.4 Å². The summed E-state index contributed by atoms with van der Waals surface area (Å²) >= 11 is 5.96. The average Bonchev–Trinajstić information content (AvgIpc) is 2.81. The molecule has 1 aromatic heterocycles. The van der Waals surface area contributed by atoms with Gasteiger partial charge in [0.05, 0.1) is 17.6 Å². The van der Waals surface area contributed by atoms with Crippen LogP contribution < -0.4 is 0 Å². The minimum Gasteiger partial charge on any atom is -0.343 e. The van der Waals surface area contributed by atoms with Crippen molar-refractivity contribution in [3.05, 3.63) is 29.0 Å². The van der Waals surface area contributed by atoms with Gasteiger partial charge >= 0.3 is 0 Å². The van der Waals surface area contributed by atoms with Crippen molar-refractivity contribution in [1.29, 1.82) is 0 Å². The highest BCUT2D eigenvalue weighted by Gasteiger charge is 2.16. The predicted octanol–water partition coefficient (Wildman–Crippen LogP) is 1.49. The van der Waals surface area contributed by atoms with Gasteiger partial charge in [-0.3, -0.25) is 9.69 Å². The standard InChI is InChI=1S/C13H15ClN4O/c14-10-1-2-11-12(7-10)16-13(15-11)8-17-3-5-18(9-19)6-4-17/h1-2,7,9H,3-6,8H2,(H,15,16). The molecule has 0 spiro atoms. The summed E-state index contributed by atoms with van der Waals surface area (Å²) in [7, 11) is 0. The number of imidazole rings is 1. The van der Waals surface area contributed by atoms with Crippen molar-refractivity contribution in [3.8, 4) is 0 Å². The van der Waals surface area contributed by atoms with Crippen LogP contribution in [0, 0.1) is 0 Å². The third-order valence-corrected chi connectivity index (χ3v) is 3.66. The monoisotopic (exact) mass is 278 g/mol. The molecule has 1 aliphatic rings. The number of aromatic nitrogens is 2. The fraction of sp³-hybridized carbons (Fsp3) is 0.385. The Morgan fingerprint density at radius 3 is 2.84 bits per heavy atom. The van der Waals surface area contributed by atoms with E-state index in [1.165, 1.54) is 0 Å². The number of piperazine rings is 1. The Morgan fingerprint density at radius 2 is 2.11 bits per heavy atom. The topological polar surface area (TPSA) is 52.2 Å². The number of H-pyrrole nitrogens is 1. The number of hydrogen-bond acceptors (Lipinski definition) is 3. The van der Waals surface area contributed by atoms with Crippen molar-refractivity contribution in [1.82, 2.24) is 19.8 Å². The molecule has 1 N–H and O–H groups in total. The number of carbonyl (C=O) groups excluding carboxylic acids is 1. The second-order valence-corrected chi connectivity index (χ2v) is 5.20. The zero-order valence-electron chi connectivity index (χ0n) is 10.5. The Kier molecular flexibility index (Phi) is 3.40. The van der Waals surface area contributed by atoms with E-state index in [1.54, 1.807) is 4.90 Å². The van der Waals surface area contributed by atoms with Crippen molar-refractivity contribution >= 4 is 29.0 Å². The van der Waals surface area contributed by atoms with Crippen LogP contribution in [0.4, 0.5) is 0 Å². The Bertz CT molecular complexity index is 589. The van der Waals surface area contributed by atoms with Crippen LogP contribution in [0.5, 0.6) is 0 Å². The maximum absolute atomic E-state index is 10.7. The molecule has 0 bridgehead atoms. The summed E-state index contributed by atoms with van der Waals surface area (Å²) in [5.74, 6) is 0.941. The molecular weight excluding hydrogens is 264 g/mol. The quantitative estimate of drug-likeness (QED) is 0.866. The van der Waals surface area contributed by atoms with Gasteiger partial charge in [-0.05, 0) is 18.2 Å². The molecule has 1 fully saturated rings. The van der Waals surface area contributed by atoms with Crippen molar-refractivity contribution in [2.45, 2.75) is 6.54 Å². The van der Waals surface area contributed by atoms with Crippen molar-refractivity contribution in [3.63, 3.8) is 0 Å². The molecule has 1 aliphatic heterocycles. The van der Waals surface area contributed by atoms with Crippen molar-refractivity contribution in [2.75, 3.05) is 26.2 Å². The predicted molar refractivity (Wildman–Crippen MR) is 74.0 cm³/mol. The first-order chi connectivity index (χ1) is 9.24. The molecule has 6 heteroatoms. The molecule has 0 radical (unpaired) electrons. The zero-order valence-corrected chi connectivity index (χ0v) is 11.2. The molecule has 19 heavy (non-hydrogen) atoms. The summed E-state index contributed by atoms with van der Waals surface area (Å²) in [6, 6.07) is 5.65. The van der Waals surface area contributed by atoms with Crippen LogP contribution in [-0.2, 0) is 11.3 Å². The van der Waals surface area contributed by atoms with Gasteiger partial charge in [-0.1, -0.05) is 11.6 Å². The fourth-order valence-electron chi connectivity index (χ4n) is 2.35. The van der Waals surface area contributed by atoms with E-state index < -0.39 is 0 Å². The number of rotatable bonds is 3. The summed E-state index contributed by atoms with van der Waals surface area (Å²) < 4.78 is 0. The summed E-state index contributed by atoms with van der Waals surface area (Å²) in [6.07, 6.45) is 0.917. The SMILES string of the molecule is O=CN1CCN(Cc2nc3ccc(Cl)cc3[nH]2)CC1. The van der Waals surface area contributed by atoms with Crippen molar-refractivity contribution < 1.29 is 4.79 Å². The fourth-order valence-corrected chi connectivity index (χ4v) is 2.52. The second-order valence-electron chi connectivity index (χ2n) is 4.76. The number of nitrogens with one attached hydrogen (secondary N) is 1. The summed E-state index contributed by atoms with van der Waals surface area (Å²) in [5, 5.41) is 0.710. The number of fused-ring (bicyclic) bond motifs is 1. The van der Waals surface area contributed by atoms with Crippen molar-refractivity contribution in [2.24, 2.45) is 0 Å². The van der Waals surface area contributed by atoms with E-state index in [0.29, 0.717) is 5.02 Å². The Hall–Kier alpha value is -1.59. The number of aromatic amines is 1. The first-order valence-electron chi connectivity index (χ1n) is 6.30. The smallest absolute Gasteiger partial charge is 0.209 e. The molecule has 0 unspecified atom stereocenters. The number of halogens is 1. The maximum atomic E-state index is 10.7. The van der Waals surface area contributed by atoms with Gasteiger partial charge in [0.15, 0.2) is 0 Å². The number of benzene rings is 1. The van der Waals surface area contributed by atoms with E-state index in [0.717, 1.165) is 56.0 Å². The second kappa shape index (κ2) is 5.19. The van der Waals surface area contributed by atoms with E-state index in [1.807, 2.05) is 18.2 Å². The van der Waals surface area contributed by atoms with E-state index in [4.69, 9.17) is 11.6 Å². The lowest BCUT2D eigenvalue weighted by Gasteiger charge is -2.31. The highest BCUT2D eigenvalue weighted by atomic mass is 35.5. The van der Waals surface area contributed by atoms with E-state index in [2.05, 4.69) is 14.9 Å². The normalized spacial score (nSPS) is 17.0. The van der Waals surface area contributed by atoms with Gasteiger partial charge in [0.25, 0.3) is 0 Å². The molecule has 0 aliphatic carbocycles. The minimum absolute atomic E-state index is 0.710. The number of nitrogens with zero attached hydrogens (tertiary/aromatic N) is 3. The molecule has 5 nitrogen and oxygen atoms in total. The molecule has 100 valence electrons. The molecular formula is C13H15ClN4O. The summed E-state index contributed by atoms with van der Waals surface area (Å²) in [5.41, 5.74) is 1.90. The molecule has 2 heterocycles. The van der Waals surface area contributed by atoms with Gasteiger partial charge in [-0.15, -0.1) is 0 Å². The molecule has 0 atom stereocenters. The number of carbonyl (C=O) groups is 1. The maximum Gasteiger partial charge on any atom is 0.209 e. The molecule has 1 amide bonds. The van der Waals surface area contributed by atoms with Crippen LogP contribution >= 0.6 is 11.6 Å². The first kappa shape index (κ1) is 12.4. The van der Waals surface area contributed by atoms with Crippen LogP contribution in [0.25, 0.3) is 11.0 Å². The lowest BCUT2D eigenvalue weighted by atomic mass is 10.3. The van der Waals surface area contributed by atoms with Gasteiger partial charge in [-0.2, -0.15) is 0 Å². The van der Waals surface area contributed by atoms with E-state index >= 15 is 0 Å². The number of hydrogen-bond donors (Lipinski definition) is 1. The van der Waals surface area contributed by atoms with Crippen LogP contribution in [0.2, 0.25) is 5.02 Å². The first-order valence-corrected chi connectivity index (χ1v) is 6.68. The molecule has 3 rings (SSSR count). The third kappa shape index (κ3) is 2.72.